The Morgan fingerprint density at radius 3 is 2.89 bits per heavy atom. The highest BCUT2D eigenvalue weighted by Gasteiger charge is 2.22. The molecule has 1 unspecified atom stereocenters. The second kappa shape index (κ2) is 6.72. The number of aliphatic hydroxyl groups excluding tert-OH is 1. The Morgan fingerprint density at radius 2 is 2.33 bits per heavy atom. The molecule has 0 aromatic carbocycles. The van der Waals surface area contributed by atoms with Gasteiger partial charge in [-0.25, -0.2) is 0 Å². The fourth-order valence-corrected chi connectivity index (χ4v) is 2.19. The lowest BCUT2D eigenvalue weighted by molar-refractivity contribution is 0.174. The van der Waals surface area contributed by atoms with Crippen molar-refractivity contribution >= 4 is 17.2 Å². The van der Waals surface area contributed by atoms with E-state index in [2.05, 4.69) is 10.5 Å². The summed E-state index contributed by atoms with van der Waals surface area (Å²) >= 11 is 1.57. The molecule has 0 saturated carbocycles. The molecule has 0 radical (unpaired) electrons. The van der Waals surface area contributed by atoms with Crippen molar-refractivity contribution in [3.05, 3.63) is 22.4 Å². The number of nitrogens with two attached hydrogens (primary N) is 1. The molecule has 5 N–H and O–H groups in total. The van der Waals surface area contributed by atoms with E-state index in [-0.39, 0.29) is 11.3 Å². The SMILES string of the molecule is CC(C)(CCNCC(O)c1ccsc1)/C(N)=N/O. The van der Waals surface area contributed by atoms with E-state index in [0.717, 1.165) is 12.0 Å². The van der Waals surface area contributed by atoms with E-state index in [1.807, 2.05) is 30.7 Å². The highest BCUT2D eigenvalue weighted by atomic mass is 32.1. The molecular formula is C12H21N3O2S. The fourth-order valence-electron chi connectivity index (χ4n) is 1.49. The molecule has 0 amide bonds. The summed E-state index contributed by atoms with van der Waals surface area (Å²) in [5, 5.41) is 28.6. The van der Waals surface area contributed by atoms with Crippen LogP contribution in [0, 0.1) is 5.41 Å². The first kappa shape index (κ1) is 14.9. The minimum atomic E-state index is -0.483. The largest absolute Gasteiger partial charge is 0.409 e. The Labute approximate surface area is 111 Å². The third-order valence-corrected chi connectivity index (χ3v) is 3.70. The molecule has 1 atom stereocenters. The van der Waals surface area contributed by atoms with Gasteiger partial charge in [-0.05, 0) is 35.4 Å². The molecule has 0 fully saturated rings. The van der Waals surface area contributed by atoms with Gasteiger partial charge in [-0.1, -0.05) is 19.0 Å². The van der Waals surface area contributed by atoms with Crippen LogP contribution in [0.4, 0.5) is 0 Å². The Hall–Kier alpha value is -1.11. The first-order valence-corrected chi connectivity index (χ1v) is 6.80. The Kier molecular flexibility index (Phi) is 5.58. The van der Waals surface area contributed by atoms with Gasteiger partial charge in [0.2, 0.25) is 0 Å². The average molecular weight is 271 g/mol. The number of thiophene rings is 1. The third kappa shape index (κ3) is 4.29. The number of rotatable bonds is 7. The van der Waals surface area contributed by atoms with E-state index >= 15 is 0 Å². The number of amidine groups is 1. The van der Waals surface area contributed by atoms with Gasteiger partial charge in [-0.2, -0.15) is 11.3 Å². The predicted octanol–water partition coefficient (Wildman–Crippen LogP) is 1.53. The average Bonchev–Trinajstić information content (AvgIpc) is 2.87. The molecule has 0 spiro atoms. The van der Waals surface area contributed by atoms with Crippen LogP contribution in [0.1, 0.15) is 31.9 Å². The molecule has 102 valence electrons. The van der Waals surface area contributed by atoms with Crippen LogP contribution in [0.15, 0.2) is 22.0 Å². The van der Waals surface area contributed by atoms with Crippen molar-refractivity contribution in [3.8, 4) is 0 Å². The number of aliphatic hydroxyl groups is 1. The van der Waals surface area contributed by atoms with Gasteiger partial charge in [0.15, 0.2) is 0 Å². The van der Waals surface area contributed by atoms with Crippen LogP contribution in [0.25, 0.3) is 0 Å². The Morgan fingerprint density at radius 1 is 1.61 bits per heavy atom. The molecule has 0 aliphatic heterocycles. The van der Waals surface area contributed by atoms with Crippen molar-refractivity contribution in [2.75, 3.05) is 13.1 Å². The number of nitrogens with one attached hydrogen (secondary N) is 1. The van der Waals surface area contributed by atoms with E-state index < -0.39 is 6.10 Å². The molecule has 0 bridgehead atoms. The van der Waals surface area contributed by atoms with Crippen molar-refractivity contribution < 1.29 is 10.3 Å². The quantitative estimate of drug-likeness (QED) is 0.199. The molecule has 1 heterocycles. The van der Waals surface area contributed by atoms with Crippen molar-refractivity contribution in [1.29, 1.82) is 0 Å². The summed E-state index contributed by atoms with van der Waals surface area (Å²) in [5.41, 5.74) is 6.18. The highest BCUT2D eigenvalue weighted by Crippen LogP contribution is 2.20. The van der Waals surface area contributed by atoms with Crippen molar-refractivity contribution in [2.24, 2.45) is 16.3 Å². The molecule has 5 nitrogen and oxygen atoms in total. The minimum absolute atomic E-state index is 0.225. The molecule has 6 heteroatoms. The van der Waals surface area contributed by atoms with Crippen molar-refractivity contribution in [2.45, 2.75) is 26.4 Å². The standard InChI is InChI=1S/C12H21N3O2S/c1-12(2,11(13)15-17)4-5-14-7-10(16)9-3-6-18-8-9/h3,6,8,10,14,16-17H,4-5,7H2,1-2H3,(H2,13,15). The van der Waals surface area contributed by atoms with Crippen LogP contribution in [0.2, 0.25) is 0 Å². The van der Waals surface area contributed by atoms with Crippen molar-refractivity contribution in [3.63, 3.8) is 0 Å². The van der Waals surface area contributed by atoms with E-state index in [0.29, 0.717) is 13.1 Å². The summed E-state index contributed by atoms with van der Waals surface area (Å²) < 4.78 is 0. The van der Waals surface area contributed by atoms with Gasteiger partial charge in [0.05, 0.1) is 6.10 Å². The molecule has 1 aromatic rings. The van der Waals surface area contributed by atoms with Gasteiger partial charge in [-0.15, -0.1) is 0 Å². The first-order chi connectivity index (χ1) is 8.47. The van der Waals surface area contributed by atoms with Crippen molar-refractivity contribution in [1.82, 2.24) is 5.32 Å². The first-order valence-electron chi connectivity index (χ1n) is 5.86. The Balaban J connectivity index is 2.27. The normalized spacial score (nSPS) is 14.7. The topological polar surface area (TPSA) is 90.9 Å². The second-order valence-corrected chi connectivity index (χ2v) is 5.68. The number of nitrogens with zero attached hydrogens (tertiary/aromatic N) is 1. The maximum atomic E-state index is 9.85. The van der Waals surface area contributed by atoms with Crippen LogP contribution < -0.4 is 11.1 Å². The molecule has 1 aromatic heterocycles. The smallest absolute Gasteiger partial charge is 0.144 e. The van der Waals surface area contributed by atoms with Crippen LogP contribution in [-0.2, 0) is 0 Å². The highest BCUT2D eigenvalue weighted by molar-refractivity contribution is 7.07. The summed E-state index contributed by atoms with van der Waals surface area (Å²) in [4.78, 5) is 0. The van der Waals surface area contributed by atoms with Crippen LogP contribution in [-0.4, -0.2) is 29.2 Å². The summed E-state index contributed by atoms with van der Waals surface area (Å²) in [6.07, 6.45) is 0.252. The molecular weight excluding hydrogens is 250 g/mol. The summed E-state index contributed by atoms with van der Waals surface area (Å²) in [6, 6.07) is 1.91. The van der Waals surface area contributed by atoms with E-state index in [9.17, 15) is 5.11 Å². The van der Waals surface area contributed by atoms with E-state index in [1.165, 1.54) is 0 Å². The second-order valence-electron chi connectivity index (χ2n) is 4.90. The maximum Gasteiger partial charge on any atom is 0.144 e. The summed E-state index contributed by atoms with van der Waals surface area (Å²) in [5.74, 6) is 0.225. The van der Waals surface area contributed by atoms with Gasteiger partial charge in [0.25, 0.3) is 0 Å². The predicted molar refractivity (Wildman–Crippen MR) is 74.0 cm³/mol. The lowest BCUT2D eigenvalue weighted by Gasteiger charge is -2.23. The minimum Gasteiger partial charge on any atom is -0.409 e. The number of hydrogen-bond acceptors (Lipinski definition) is 5. The summed E-state index contributed by atoms with van der Waals surface area (Å²) in [6.45, 7) is 5.03. The summed E-state index contributed by atoms with van der Waals surface area (Å²) in [7, 11) is 0. The fraction of sp³-hybridized carbons (Fsp3) is 0.583. The molecule has 18 heavy (non-hydrogen) atoms. The van der Waals surface area contributed by atoms with Gasteiger partial charge < -0.3 is 21.4 Å². The molecule has 0 aliphatic rings. The van der Waals surface area contributed by atoms with Gasteiger partial charge >= 0.3 is 0 Å². The third-order valence-electron chi connectivity index (χ3n) is 2.99. The van der Waals surface area contributed by atoms with Gasteiger partial charge in [0.1, 0.15) is 5.84 Å². The van der Waals surface area contributed by atoms with Crippen LogP contribution >= 0.6 is 11.3 Å². The molecule has 0 saturated heterocycles. The molecule has 0 aliphatic carbocycles. The van der Waals surface area contributed by atoms with Crippen LogP contribution in [0.3, 0.4) is 0 Å². The zero-order valence-electron chi connectivity index (χ0n) is 10.8. The molecule has 1 rings (SSSR count). The number of oxime groups is 1. The maximum absolute atomic E-state index is 9.85. The number of hydrogen-bond donors (Lipinski definition) is 4. The van der Waals surface area contributed by atoms with Crippen LogP contribution in [0.5, 0.6) is 0 Å². The van der Waals surface area contributed by atoms with E-state index in [1.54, 1.807) is 11.3 Å². The monoisotopic (exact) mass is 271 g/mol. The van der Waals surface area contributed by atoms with Gasteiger partial charge in [-0.3, -0.25) is 0 Å². The van der Waals surface area contributed by atoms with E-state index in [4.69, 9.17) is 10.9 Å². The Bertz CT molecular complexity index is 377. The zero-order chi connectivity index (χ0) is 13.6. The zero-order valence-corrected chi connectivity index (χ0v) is 11.6. The van der Waals surface area contributed by atoms with Gasteiger partial charge in [0, 0.05) is 12.0 Å². The lowest BCUT2D eigenvalue weighted by atomic mass is 9.88. The lowest BCUT2D eigenvalue weighted by Crippen LogP contribution is -2.35.